The molecule has 25 heavy (non-hydrogen) atoms. The first kappa shape index (κ1) is 17.4. The maximum atomic E-state index is 5.90. The molecule has 0 unspecified atom stereocenters. The molecule has 0 aliphatic carbocycles. The summed E-state index contributed by atoms with van der Waals surface area (Å²) in [5.74, 6) is 0.700. The topological polar surface area (TPSA) is 59.7 Å². The van der Waals surface area contributed by atoms with E-state index in [1.54, 1.807) is 0 Å². The SMILES string of the molecule is CCn1ccc(CNC(=S)Nc2ccn(Cc3ccc(Cl)cc3)n2)n1. The predicted octanol–water partition coefficient (Wildman–Crippen LogP) is 3.29. The number of aromatic nitrogens is 4. The Morgan fingerprint density at radius 1 is 1.08 bits per heavy atom. The van der Waals surface area contributed by atoms with Gasteiger partial charge in [0.15, 0.2) is 10.9 Å². The number of nitrogens with zero attached hydrogens (tertiary/aromatic N) is 4. The number of hydrogen-bond donors (Lipinski definition) is 2. The third-order valence-corrected chi connectivity index (χ3v) is 4.09. The van der Waals surface area contributed by atoms with Crippen LogP contribution in [0, 0.1) is 0 Å². The van der Waals surface area contributed by atoms with Crippen molar-refractivity contribution in [2.24, 2.45) is 0 Å². The second kappa shape index (κ2) is 8.13. The van der Waals surface area contributed by atoms with Crippen LogP contribution in [0.5, 0.6) is 0 Å². The lowest BCUT2D eigenvalue weighted by Crippen LogP contribution is -2.28. The maximum Gasteiger partial charge on any atom is 0.172 e. The highest BCUT2D eigenvalue weighted by molar-refractivity contribution is 7.80. The van der Waals surface area contributed by atoms with Crippen LogP contribution in [0.4, 0.5) is 5.82 Å². The van der Waals surface area contributed by atoms with Crippen LogP contribution >= 0.6 is 23.8 Å². The first-order chi connectivity index (χ1) is 12.1. The fourth-order valence-corrected chi connectivity index (χ4v) is 2.60. The minimum atomic E-state index is 0.516. The van der Waals surface area contributed by atoms with Crippen LogP contribution < -0.4 is 10.6 Å². The molecule has 0 amide bonds. The van der Waals surface area contributed by atoms with Gasteiger partial charge in [0.25, 0.3) is 0 Å². The van der Waals surface area contributed by atoms with E-state index in [0.29, 0.717) is 24.0 Å². The first-order valence-corrected chi connectivity index (χ1v) is 8.76. The van der Waals surface area contributed by atoms with E-state index in [4.69, 9.17) is 23.8 Å². The monoisotopic (exact) mass is 374 g/mol. The number of rotatable bonds is 6. The number of anilines is 1. The number of hydrogen-bond acceptors (Lipinski definition) is 3. The molecular weight excluding hydrogens is 356 g/mol. The first-order valence-electron chi connectivity index (χ1n) is 7.97. The highest BCUT2D eigenvalue weighted by Gasteiger charge is 2.04. The average Bonchev–Trinajstić information content (AvgIpc) is 3.24. The molecule has 0 spiro atoms. The van der Waals surface area contributed by atoms with E-state index >= 15 is 0 Å². The van der Waals surface area contributed by atoms with Crippen molar-refractivity contribution in [2.75, 3.05) is 5.32 Å². The molecule has 0 atom stereocenters. The quantitative estimate of drug-likeness (QED) is 0.648. The van der Waals surface area contributed by atoms with Gasteiger partial charge >= 0.3 is 0 Å². The Kier molecular flexibility index (Phi) is 5.67. The van der Waals surface area contributed by atoms with Crippen LogP contribution in [0.25, 0.3) is 0 Å². The van der Waals surface area contributed by atoms with Crippen molar-refractivity contribution in [2.45, 2.75) is 26.6 Å². The molecular formula is C17H19ClN6S. The number of thiocarbonyl (C=S) groups is 1. The Bertz CT molecular complexity index is 839. The molecule has 0 aliphatic heterocycles. The molecule has 130 valence electrons. The molecule has 2 heterocycles. The minimum Gasteiger partial charge on any atom is -0.357 e. The van der Waals surface area contributed by atoms with Gasteiger partial charge in [-0.2, -0.15) is 10.2 Å². The Morgan fingerprint density at radius 2 is 1.84 bits per heavy atom. The largest absolute Gasteiger partial charge is 0.357 e. The summed E-state index contributed by atoms with van der Waals surface area (Å²) in [5, 5.41) is 16.3. The van der Waals surface area contributed by atoms with Crippen molar-refractivity contribution in [1.29, 1.82) is 0 Å². The molecule has 3 rings (SSSR count). The minimum absolute atomic E-state index is 0.516. The zero-order valence-electron chi connectivity index (χ0n) is 13.8. The molecule has 0 fully saturated rings. The number of aryl methyl sites for hydroxylation is 1. The van der Waals surface area contributed by atoms with Gasteiger partial charge in [-0.15, -0.1) is 0 Å². The summed E-state index contributed by atoms with van der Waals surface area (Å²) in [7, 11) is 0. The lowest BCUT2D eigenvalue weighted by molar-refractivity contribution is 0.643. The summed E-state index contributed by atoms with van der Waals surface area (Å²) >= 11 is 11.2. The van der Waals surface area contributed by atoms with Crippen molar-refractivity contribution < 1.29 is 0 Å². The van der Waals surface area contributed by atoms with E-state index < -0.39 is 0 Å². The molecule has 3 aromatic rings. The maximum absolute atomic E-state index is 5.90. The third-order valence-electron chi connectivity index (χ3n) is 3.59. The second-order valence-electron chi connectivity index (χ2n) is 5.50. The van der Waals surface area contributed by atoms with Gasteiger partial charge in [-0.25, -0.2) is 0 Å². The van der Waals surface area contributed by atoms with Gasteiger partial charge in [0, 0.05) is 30.0 Å². The molecule has 0 saturated carbocycles. The summed E-state index contributed by atoms with van der Waals surface area (Å²) in [6, 6.07) is 11.6. The van der Waals surface area contributed by atoms with Crippen LogP contribution in [0.1, 0.15) is 18.2 Å². The lowest BCUT2D eigenvalue weighted by Gasteiger charge is -2.07. The van der Waals surface area contributed by atoms with Gasteiger partial charge in [-0.3, -0.25) is 9.36 Å². The third kappa shape index (κ3) is 5.04. The summed E-state index contributed by atoms with van der Waals surface area (Å²) in [6.45, 7) is 4.16. The lowest BCUT2D eigenvalue weighted by atomic mass is 10.2. The van der Waals surface area contributed by atoms with Crippen LogP contribution in [0.3, 0.4) is 0 Å². The van der Waals surface area contributed by atoms with E-state index in [1.165, 1.54) is 0 Å². The van der Waals surface area contributed by atoms with Crippen LogP contribution in [-0.4, -0.2) is 24.7 Å². The zero-order valence-corrected chi connectivity index (χ0v) is 15.4. The predicted molar refractivity (Wildman–Crippen MR) is 104 cm³/mol. The summed E-state index contributed by atoms with van der Waals surface area (Å²) < 4.78 is 3.73. The van der Waals surface area contributed by atoms with E-state index in [-0.39, 0.29) is 0 Å². The van der Waals surface area contributed by atoms with Crippen molar-refractivity contribution >= 4 is 34.7 Å². The van der Waals surface area contributed by atoms with Gasteiger partial charge in [0.2, 0.25) is 0 Å². The van der Waals surface area contributed by atoms with E-state index in [2.05, 4.69) is 27.8 Å². The van der Waals surface area contributed by atoms with Crippen molar-refractivity contribution in [3.63, 3.8) is 0 Å². The van der Waals surface area contributed by atoms with E-state index in [1.807, 2.05) is 58.2 Å². The number of benzene rings is 1. The number of nitrogens with one attached hydrogen (secondary N) is 2. The smallest absolute Gasteiger partial charge is 0.172 e. The molecule has 2 aromatic heterocycles. The Labute approximate surface area is 156 Å². The zero-order chi connectivity index (χ0) is 17.6. The van der Waals surface area contributed by atoms with Gasteiger partial charge in [0.1, 0.15) is 0 Å². The van der Waals surface area contributed by atoms with Gasteiger partial charge in [0.05, 0.1) is 18.8 Å². The highest BCUT2D eigenvalue weighted by Crippen LogP contribution is 2.11. The fourth-order valence-electron chi connectivity index (χ4n) is 2.30. The molecule has 6 nitrogen and oxygen atoms in total. The summed E-state index contributed by atoms with van der Waals surface area (Å²) in [5.41, 5.74) is 2.07. The Hall–Kier alpha value is -2.38. The molecule has 2 N–H and O–H groups in total. The average molecular weight is 375 g/mol. The highest BCUT2D eigenvalue weighted by atomic mass is 35.5. The number of halogens is 1. The molecule has 1 aromatic carbocycles. The summed E-state index contributed by atoms with van der Waals surface area (Å²) in [4.78, 5) is 0. The van der Waals surface area contributed by atoms with Crippen LogP contribution in [0.2, 0.25) is 5.02 Å². The Morgan fingerprint density at radius 3 is 2.56 bits per heavy atom. The second-order valence-corrected chi connectivity index (χ2v) is 6.34. The van der Waals surface area contributed by atoms with Gasteiger partial charge < -0.3 is 10.6 Å². The van der Waals surface area contributed by atoms with E-state index in [9.17, 15) is 0 Å². The summed E-state index contributed by atoms with van der Waals surface area (Å²) in [6.07, 6.45) is 3.86. The molecule has 0 saturated heterocycles. The van der Waals surface area contributed by atoms with Gasteiger partial charge in [-0.1, -0.05) is 23.7 Å². The van der Waals surface area contributed by atoms with Crippen molar-refractivity contribution in [1.82, 2.24) is 24.9 Å². The molecule has 0 aliphatic rings. The van der Waals surface area contributed by atoms with Crippen LogP contribution in [-0.2, 0) is 19.6 Å². The molecule has 8 heteroatoms. The van der Waals surface area contributed by atoms with Crippen LogP contribution in [0.15, 0.2) is 48.8 Å². The molecule has 0 radical (unpaired) electrons. The van der Waals surface area contributed by atoms with Gasteiger partial charge in [-0.05, 0) is 42.9 Å². The van der Waals surface area contributed by atoms with E-state index in [0.717, 1.165) is 22.8 Å². The Balaban J connectivity index is 1.50. The van der Waals surface area contributed by atoms with Crippen molar-refractivity contribution in [3.8, 4) is 0 Å². The fraction of sp³-hybridized carbons (Fsp3) is 0.235. The van der Waals surface area contributed by atoms with Crippen molar-refractivity contribution in [3.05, 3.63) is 65.1 Å². The standard InChI is InChI=1S/C17H19ClN6S/c1-2-23-9-7-15(21-23)11-19-17(25)20-16-8-10-24(22-16)12-13-3-5-14(18)6-4-13/h3-10H,2,11-12H2,1H3,(H2,19,20,22,25). The normalized spacial score (nSPS) is 10.6. The molecule has 0 bridgehead atoms.